The highest BCUT2D eigenvalue weighted by Crippen LogP contribution is 2.25. The molecule has 16 heavy (non-hydrogen) atoms. The summed E-state index contributed by atoms with van der Waals surface area (Å²) in [6, 6.07) is 8.51. The van der Waals surface area contributed by atoms with E-state index in [4.69, 9.17) is 10.5 Å². The maximum absolute atomic E-state index is 9.49. The van der Waals surface area contributed by atoms with E-state index in [9.17, 15) is 5.11 Å². The van der Waals surface area contributed by atoms with E-state index in [1.807, 2.05) is 0 Å². The molecule has 0 aliphatic carbocycles. The van der Waals surface area contributed by atoms with E-state index in [0.29, 0.717) is 11.4 Å². The molecule has 0 amide bonds. The van der Waals surface area contributed by atoms with Gasteiger partial charge in [0.25, 0.3) is 0 Å². The molecule has 0 aliphatic rings. The highest BCUT2D eigenvalue weighted by Gasteiger charge is 2.03. The number of para-hydroxylation sites is 2. The predicted octanol–water partition coefficient (Wildman–Crippen LogP) is 1.95. The molecular formula is C12H12N2O2. The topological polar surface area (TPSA) is 68.4 Å². The van der Waals surface area contributed by atoms with Crippen molar-refractivity contribution in [3.05, 3.63) is 48.3 Å². The van der Waals surface area contributed by atoms with Crippen molar-refractivity contribution in [3.8, 4) is 11.5 Å². The van der Waals surface area contributed by atoms with Gasteiger partial charge >= 0.3 is 0 Å². The number of anilines is 1. The van der Waals surface area contributed by atoms with Crippen LogP contribution in [0, 0.1) is 0 Å². The van der Waals surface area contributed by atoms with Gasteiger partial charge in [0.2, 0.25) is 0 Å². The SMILES string of the molecule is Nc1ccncc1COc1ccccc1O. The van der Waals surface area contributed by atoms with E-state index in [-0.39, 0.29) is 12.4 Å². The van der Waals surface area contributed by atoms with Crippen LogP contribution in [-0.4, -0.2) is 10.1 Å². The zero-order valence-corrected chi connectivity index (χ0v) is 8.63. The summed E-state index contributed by atoms with van der Waals surface area (Å²) in [6.45, 7) is 0.289. The minimum atomic E-state index is 0.116. The van der Waals surface area contributed by atoms with Gasteiger partial charge < -0.3 is 15.6 Å². The zero-order chi connectivity index (χ0) is 11.4. The molecular weight excluding hydrogens is 204 g/mol. The Labute approximate surface area is 93.3 Å². The van der Waals surface area contributed by atoms with Crippen molar-refractivity contribution in [3.63, 3.8) is 0 Å². The summed E-state index contributed by atoms with van der Waals surface area (Å²) in [7, 11) is 0. The van der Waals surface area contributed by atoms with Crippen LogP contribution in [0.15, 0.2) is 42.7 Å². The van der Waals surface area contributed by atoms with Gasteiger partial charge in [-0.3, -0.25) is 4.98 Å². The number of hydrogen-bond acceptors (Lipinski definition) is 4. The van der Waals surface area contributed by atoms with Crippen LogP contribution in [0.1, 0.15) is 5.56 Å². The monoisotopic (exact) mass is 216 g/mol. The molecule has 1 aromatic heterocycles. The van der Waals surface area contributed by atoms with Crippen LogP contribution in [0.2, 0.25) is 0 Å². The third-order valence-corrected chi connectivity index (χ3v) is 2.19. The molecule has 0 aliphatic heterocycles. The van der Waals surface area contributed by atoms with Crippen molar-refractivity contribution in [2.45, 2.75) is 6.61 Å². The lowest BCUT2D eigenvalue weighted by atomic mass is 10.2. The smallest absolute Gasteiger partial charge is 0.161 e. The summed E-state index contributed by atoms with van der Waals surface area (Å²) in [5, 5.41) is 9.49. The molecule has 0 fully saturated rings. The molecule has 0 saturated carbocycles. The first-order chi connectivity index (χ1) is 7.77. The van der Waals surface area contributed by atoms with E-state index in [0.717, 1.165) is 5.56 Å². The van der Waals surface area contributed by atoms with Crippen LogP contribution in [-0.2, 0) is 6.61 Å². The quantitative estimate of drug-likeness (QED) is 0.822. The summed E-state index contributed by atoms with van der Waals surface area (Å²) in [5.41, 5.74) is 7.17. The summed E-state index contributed by atoms with van der Waals surface area (Å²) in [6.07, 6.45) is 3.27. The van der Waals surface area contributed by atoms with Crippen molar-refractivity contribution in [2.75, 3.05) is 5.73 Å². The number of hydrogen-bond donors (Lipinski definition) is 2. The highest BCUT2D eigenvalue weighted by molar-refractivity contribution is 5.44. The molecule has 0 unspecified atom stereocenters. The molecule has 2 rings (SSSR count). The van der Waals surface area contributed by atoms with Crippen LogP contribution in [0.4, 0.5) is 5.69 Å². The maximum atomic E-state index is 9.49. The number of aromatic hydroxyl groups is 1. The lowest BCUT2D eigenvalue weighted by Crippen LogP contribution is -2.00. The highest BCUT2D eigenvalue weighted by atomic mass is 16.5. The number of rotatable bonds is 3. The molecule has 4 heteroatoms. The number of phenols is 1. The van der Waals surface area contributed by atoms with E-state index >= 15 is 0 Å². The van der Waals surface area contributed by atoms with Gasteiger partial charge in [0.15, 0.2) is 11.5 Å². The van der Waals surface area contributed by atoms with Gasteiger partial charge in [-0.25, -0.2) is 0 Å². The summed E-state index contributed by atoms with van der Waals surface area (Å²) < 4.78 is 5.43. The summed E-state index contributed by atoms with van der Waals surface area (Å²) in [5.74, 6) is 0.552. The Morgan fingerprint density at radius 1 is 1.25 bits per heavy atom. The number of ether oxygens (including phenoxy) is 1. The number of pyridine rings is 1. The molecule has 0 radical (unpaired) electrons. The van der Waals surface area contributed by atoms with E-state index < -0.39 is 0 Å². The van der Waals surface area contributed by atoms with Gasteiger partial charge in [0.05, 0.1) is 0 Å². The molecule has 2 aromatic rings. The van der Waals surface area contributed by atoms with Crippen molar-refractivity contribution in [1.82, 2.24) is 4.98 Å². The maximum Gasteiger partial charge on any atom is 0.161 e. The second-order valence-electron chi connectivity index (χ2n) is 3.33. The summed E-state index contributed by atoms with van der Waals surface area (Å²) in [4.78, 5) is 3.96. The Balaban J connectivity index is 2.09. The van der Waals surface area contributed by atoms with Gasteiger partial charge in [-0.1, -0.05) is 12.1 Å². The third-order valence-electron chi connectivity index (χ3n) is 2.19. The van der Waals surface area contributed by atoms with Crippen molar-refractivity contribution < 1.29 is 9.84 Å². The van der Waals surface area contributed by atoms with E-state index in [1.165, 1.54) is 0 Å². The van der Waals surface area contributed by atoms with Crippen molar-refractivity contribution in [2.24, 2.45) is 0 Å². The zero-order valence-electron chi connectivity index (χ0n) is 8.63. The number of nitrogens with two attached hydrogens (primary N) is 1. The number of phenolic OH excluding ortho intramolecular Hbond substituents is 1. The molecule has 1 heterocycles. The van der Waals surface area contributed by atoms with Crippen LogP contribution in [0.5, 0.6) is 11.5 Å². The van der Waals surface area contributed by atoms with Crippen molar-refractivity contribution in [1.29, 1.82) is 0 Å². The Morgan fingerprint density at radius 3 is 2.81 bits per heavy atom. The minimum absolute atomic E-state index is 0.116. The second-order valence-corrected chi connectivity index (χ2v) is 3.33. The number of nitrogen functional groups attached to an aromatic ring is 1. The average molecular weight is 216 g/mol. The van der Waals surface area contributed by atoms with Crippen LogP contribution < -0.4 is 10.5 Å². The number of aromatic nitrogens is 1. The lowest BCUT2D eigenvalue weighted by Gasteiger charge is -2.08. The summed E-state index contributed by atoms with van der Waals surface area (Å²) >= 11 is 0. The van der Waals surface area contributed by atoms with Crippen molar-refractivity contribution >= 4 is 5.69 Å². The Morgan fingerprint density at radius 2 is 2.06 bits per heavy atom. The number of nitrogens with zero attached hydrogens (tertiary/aromatic N) is 1. The first-order valence-corrected chi connectivity index (χ1v) is 4.86. The number of benzene rings is 1. The van der Waals surface area contributed by atoms with Gasteiger partial charge in [-0.15, -0.1) is 0 Å². The van der Waals surface area contributed by atoms with Gasteiger partial charge in [0.1, 0.15) is 6.61 Å². The standard InChI is InChI=1S/C12H12N2O2/c13-10-5-6-14-7-9(10)8-16-12-4-2-1-3-11(12)15/h1-7,15H,8H2,(H2,13,14). The van der Waals surface area contributed by atoms with Gasteiger partial charge in [0, 0.05) is 23.6 Å². The van der Waals surface area contributed by atoms with E-state index in [1.54, 1.807) is 42.7 Å². The molecule has 82 valence electrons. The van der Waals surface area contributed by atoms with Gasteiger partial charge in [-0.05, 0) is 18.2 Å². The molecule has 0 bridgehead atoms. The first kappa shape index (κ1) is 10.3. The largest absolute Gasteiger partial charge is 0.504 e. The molecule has 0 spiro atoms. The third kappa shape index (κ3) is 2.23. The normalized spacial score (nSPS) is 10.0. The average Bonchev–Trinajstić information content (AvgIpc) is 2.30. The molecule has 0 atom stereocenters. The van der Waals surface area contributed by atoms with Crippen LogP contribution >= 0.6 is 0 Å². The Kier molecular flexibility index (Phi) is 2.91. The minimum Gasteiger partial charge on any atom is -0.504 e. The first-order valence-electron chi connectivity index (χ1n) is 4.86. The fraction of sp³-hybridized carbons (Fsp3) is 0.0833. The lowest BCUT2D eigenvalue weighted by molar-refractivity contribution is 0.289. The predicted molar refractivity (Wildman–Crippen MR) is 61.1 cm³/mol. The Bertz CT molecular complexity index is 440. The Hall–Kier alpha value is -2.23. The second kappa shape index (κ2) is 4.53. The molecule has 1 aromatic carbocycles. The molecule has 3 N–H and O–H groups in total. The van der Waals surface area contributed by atoms with Gasteiger partial charge in [-0.2, -0.15) is 0 Å². The molecule has 4 nitrogen and oxygen atoms in total. The molecule has 0 saturated heterocycles. The van der Waals surface area contributed by atoms with Crippen LogP contribution in [0.25, 0.3) is 0 Å². The fourth-order valence-electron chi connectivity index (χ4n) is 1.29. The van der Waals surface area contributed by atoms with E-state index in [2.05, 4.69) is 4.98 Å². The fourth-order valence-corrected chi connectivity index (χ4v) is 1.29. The van der Waals surface area contributed by atoms with Crippen LogP contribution in [0.3, 0.4) is 0 Å².